The van der Waals surface area contributed by atoms with Crippen LogP contribution in [0.15, 0.2) is 0 Å². The molecule has 0 radical (unpaired) electrons. The van der Waals surface area contributed by atoms with E-state index in [9.17, 15) is 0 Å². The zero-order valence-corrected chi connectivity index (χ0v) is 15.3. The highest BCUT2D eigenvalue weighted by molar-refractivity contribution is 4.83. The van der Waals surface area contributed by atoms with Crippen molar-refractivity contribution in [3.8, 4) is 0 Å². The summed E-state index contributed by atoms with van der Waals surface area (Å²) in [5.41, 5.74) is 0. The first-order valence-electron chi connectivity index (χ1n) is 9.92. The van der Waals surface area contributed by atoms with E-state index in [1.54, 1.807) is 0 Å². The largest absolute Gasteiger partial charge is 0.317 e. The van der Waals surface area contributed by atoms with Crippen LogP contribution in [0.2, 0.25) is 0 Å². The number of rotatable bonds is 11. The van der Waals surface area contributed by atoms with Crippen LogP contribution in [0.4, 0.5) is 0 Å². The normalized spacial score (nSPS) is 25.7. The molecule has 0 aromatic rings. The van der Waals surface area contributed by atoms with Crippen LogP contribution < -0.4 is 5.32 Å². The molecule has 1 N–H and O–H groups in total. The summed E-state index contributed by atoms with van der Waals surface area (Å²) < 4.78 is 0. The maximum atomic E-state index is 3.67. The van der Waals surface area contributed by atoms with Gasteiger partial charge in [-0.3, -0.25) is 0 Å². The summed E-state index contributed by atoms with van der Waals surface area (Å²) in [4.78, 5) is 0. The van der Waals surface area contributed by atoms with Gasteiger partial charge in [0.2, 0.25) is 0 Å². The summed E-state index contributed by atoms with van der Waals surface area (Å²) in [7, 11) is 2.19. The molecule has 126 valence electrons. The van der Waals surface area contributed by atoms with Crippen LogP contribution in [-0.2, 0) is 0 Å². The van der Waals surface area contributed by atoms with Gasteiger partial charge in [0, 0.05) is 6.04 Å². The Morgan fingerprint density at radius 1 is 0.952 bits per heavy atom. The SMILES string of the molecule is CCCCC1CCC(C(CC(CC)CCCC)NC)CC1. The molecule has 1 aliphatic rings. The fourth-order valence-electron chi connectivity index (χ4n) is 4.26. The van der Waals surface area contributed by atoms with Gasteiger partial charge in [-0.1, -0.05) is 78.6 Å². The summed E-state index contributed by atoms with van der Waals surface area (Å²) in [5.74, 6) is 2.93. The Morgan fingerprint density at radius 2 is 1.62 bits per heavy atom. The minimum atomic E-state index is 0.777. The van der Waals surface area contributed by atoms with E-state index in [4.69, 9.17) is 0 Å². The van der Waals surface area contributed by atoms with E-state index < -0.39 is 0 Å². The van der Waals surface area contributed by atoms with Crippen LogP contribution in [0.5, 0.6) is 0 Å². The van der Waals surface area contributed by atoms with E-state index in [0.717, 1.165) is 23.8 Å². The molecule has 1 fully saturated rings. The minimum Gasteiger partial charge on any atom is -0.317 e. The highest BCUT2D eigenvalue weighted by Gasteiger charge is 2.27. The lowest BCUT2D eigenvalue weighted by atomic mass is 9.74. The third-order valence-electron chi connectivity index (χ3n) is 5.93. The quantitative estimate of drug-likeness (QED) is 0.480. The Morgan fingerprint density at radius 3 is 2.14 bits per heavy atom. The molecular weight excluding hydrogens is 254 g/mol. The molecule has 0 bridgehead atoms. The molecule has 0 saturated heterocycles. The molecule has 0 aromatic heterocycles. The molecule has 0 spiro atoms. The third-order valence-corrected chi connectivity index (χ3v) is 5.93. The summed E-state index contributed by atoms with van der Waals surface area (Å²) in [6.07, 6.45) is 17.2. The van der Waals surface area contributed by atoms with E-state index >= 15 is 0 Å². The number of hydrogen-bond donors (Lipinski definition) is 1. The van der Waals surface area contributed by atoms with Crippen LogP contribution in [0.1, 0.15) is 97.8 Å². The van der Waals surface area contributed by atoms with Gasteiger partial charge in [-0.2, -0.15) is 0 Å². The van der Waals surface area contributed by atoms with Crippen molar-refractivity contribution in [2.75, 3.05) is 7.05 Å². The summed E-state index contributed by atoms with van der Waals surface area (Å²) >= 11 is 0. The van der Waals surface area contributed by atoms with Crippen molar-refractivity contribution in [2.45, 2.75) is 104 Å². The molecule has 1 aliphatic carbocycles. The predicted octanol–water partition coefficient (Wildman–Crippen LogP) is 6.18. The summed E-state index contributed by atoms with van der Waals surface area (Å²) in [6, 6.07) is 0.777. The van der Waals surface area contributed by atoms with Crippen molar-refractivity contribution in [2.24, 2.45) is 17.8 Å². The van der Waals surface area contributed by atoms with Crippen LogP contribution >= 0.6 is 0 Å². The van der Waals surface area contributed by atoms with Gasteiger partial charge in [0.15, 0.2) is 0 Å². The van der Waals surface area contributed by atoms with Crippen molar-refractivity contribution in [3.05, 3.63) is 0 Å². The van der Waals surface area contributed by atoms with Crippen molar-refractivity contribution >= 4 is 0 Å². The van der Waals surface area contributed by atoms with Crippen LogP contribution in [0.25, 0.3) is 0 Å². The molecule has 0 amide bonds. The Balaban J connectivity index is 2.35. The van der Waals surface area contributed by atoms with Gasteiger partial charge >= 0.3 is 0 Å². The van der Waals surface area contributed by atoms with Gasteiger partial charge in [0.25, 0.3) is 0 Å². The lowest BCUT2D eigenvalue weighted by Crippen LogP contribution is -2.37. The van der Waals surface area contributed by atoms with Crippen LogP contribution in [-0.4, -0.2) is 13.1 Å². The smallest absolute Gasteiger partial charge is 0.00949 e. The first-order valence-corrected chi connectivity index (χ1v) is 9.92. The molecule has 2 atom stereocenters. The first kappa shape index (κ1) is 19.0. The van der Waals surface area contributed by atoms with E-state index in [2.05, 4.69) is 33.1 Å². The highest BCUT2D eigenvalue weighted by atomic mass is 14.9. The summed E-state index contributed by atoms with van der Waals surface area (Å²) in [6.45, 7) is 7.03. The van der Waals surface area contributed by atoms with E-state index in [1.807, 2.05) is 0 Å². The second kappa shape index (κ2) is 11.5. The van der Waals surface area contributed by atoms with Gasteiger partial charge < -0.3 is 5.32 Å². The molecule has 0 heterocycles. The zero-order valence-electron chi connectivity index (χ0n) is 15.3. The molecule has 0 aromatic carbocycles. The van der Waals surface area contributed by atoms with Crippen LogP contribution in [0, 0.1) is 17.8 Å². The Kier molecular flexibility index (Phi) is 10.4. The molecule has 1 heteroatoms. The maximum absolute atomic E-state index is 3.67. The Bertz CT molecular complexity index is 230. The van der Waals surface area contributed by atoms with Gasteiger partial charge in [0.1, 0.15) is 0 Å². The van der Waals surface area contributed by atoms with E-state index in [-0.39, 0.29) is 0 Å². The predicted molar refractivity (Wildman–Crippen MR) is 95.7 cm³/mol. The second-order valence-corrected chi connectivity index (χ2v) is 7.47. The van der Waals surface area contributed by atoms with Gasteiger partial charge in [-0.05, 0) is 44.1 Å². The average molecular weight is 296 g/mol. The fraction of sp³-hybridized carbons (Fsp3) is 1.00. The van der Waals surface area contributed by atoms with Crippen molar-refractivity contribution < 1.29 is 0 Å². The molecule has 1 nitrogen and oxygen atoms in total. The maximum Gasteiger partial charge on any atom is 0.00949 e. The topological polar surface area (TPSA) is 12.0 Å². The molecule has 21 heavy (non-hydrogen) atoms. The monoisotopic (exact) mass is 295 g/mol. The number of hydrogen-bond acceptors (Lipinski definition) is 1. The van der Waals surface area contributed by atoms with E-state index in [1.165, 1.54) is 77.0 Å². The fourth-order valence-corrected chi connectivity index (χ4v) is 4.26. The zero-order chi connectivity index (χ0) is 15.5. The number of nitrogens with one attached hydrogen (secondary N) is 1. The van der Waals surface area contributed by atoms with Gasteiger partial charge in [-0.15, -0.1) is 0 Å². The second-order valence-electron chi connectivity index (χ2n) is 7.47. The minimum absolute atomic E-state index is 0.777. The van der Waals surface area contributed by atoms with Crippen molar-refractivity contribution in [1.82, 2.24) is 5.32 Å². The lowest BCUT2D eigenvalue weighted by molar-refractivity contribution is 0.193. The standard InChI is InChI=1S/C20H41N/c1-5-8-10-17(7-3)16-20(21-4)19-14-12-18(13-15-19)11-9-6-2/h17-21H,5-16H2,1-4H3. The summed E-state index contributed by atoms with van der Waals surface area (Å²) in [5, 5.41) is 3.67. The number of unbranched alkanes of at least 4 members (excludes halogenated alkanes) is 2. The molecule has 2 unspecified atom stereocenters. The van der Waals surface area contributed by atoms with Gasteiger partial charge in [0.05, 0.1) is 0 Å². The van der Waals surface area contributed by atoms with Gasteiger partial charge in [-0.25, -0.2) is 0 Å². The Hall–Kier alpha value is -0.0400. The first-order chi connectivity index (χ1) is 10.2. The van der Waals surface area contributed by atoms with Crippen molar-refractivity contribution in [3.63, 3.8) is 0 Å². The average Bonchev–Trinajstić information content (AvgIpc) is 2.54. The van der Waals surface area contributed by atoms with Crippen LogP contribution in [0.3, 0.4) is 0 Å². The molecule has 0 aliphatic heterocycles. The Labute approximate surface area is 134 Å². The lowest BCUT2D eigenvalue weighted by Gasteiger charge is -2.35. The molecule has 1 rings (SSSR count). The molecule has 1 saturated carbocycles. The highest BCUT2D eigenvalue weighted by Crippen LogP contribution is 2.35. The van der Waals surface area contributed by atoms with E-state index in [0.29, 0.717) is 0 Å². The third kappa shape index (κ3) is 7.17. The molecular formula is C20H41N. The van der Waals surface area contributed by atoms with Crippen molar-refractivity contribution in [1.29, 1.82) is 0 Å².